The average Bonchev–Trinajstić information content (AvgIpc) is 2.47. The van der Waals surface area contributed by atoms with Gasteiger partial charge < -0.3 is 15.2 Å². The van der Waals surface area contributed by atoms with E-state index >= 15 is 0 Å². The molecule has 0 bridgehead atoms. The van der Waals surface area contributed by atoms with Crippen LogP contribution in [0.4, 0.5) is 0 Å². The molecule has 1 aromatic carbocycles. The number of para-hydroxylation sites is 1. The second-order valence-corrected chi connectivity index (χ2v) is 4.53. The van der Waals surface area contributed by atoms with Gasteiger partial charge in [0.2, 0.25) is 0 Å². The molecular weight excluding hydrogens is 256 g/mol. The van der Waals surface area contributed by atoms with Crippen LogP contribution >= 0.6 is 0 Å². The zero-order chi connectivity index (χ0) is 14.4. The Morgan fingerprint density at radius 1 is 1.40 bits per heavy atom. The van der Waals surface area contributed by atoms with Gasteiger partial charge in [0.25, 0.3) is 5.91 Å². The number of rotatable bonds is 6. The molecule has 20 heavy (non-hydrogen) atoms. The predicted molar refractivity (Wildman–Crippen MR) is 76.6 cm³/mol. The minimum Gasteiger partial charge on any atom is -0.391 e. The standard InChI is InChI=1S/C15H18N2O3/c1-20-10-11(18)6-8-17-15(19)13-7-9-16-14-5-3-2-4-12(13)14/h2-5,7,9,11,18H,6,8,10H2,1H3,(H,17,19). The van der Waals surface area contributed by atoms with E-state index < -0.39 is 6.10 Å². The van der Waals surface area contributed by atoms with E-state index in [9.17, 15) is 9.90 Å². The Labute approximate surface area is 117 Å². The van der Waals surface area contributed by atoms with Crippen LogP contribution in [0.1, 0.15) is 16.8 Å². The van der Waals surface area contributed by atoms with Gasteiger partial charge in [-0.3, -0.25) is 9.78 Å². The number of nitrogens with zero attached hydrogens (tertiary/aromatic N) is 1. The van der Waals surface area contributed by atoms with Gasteiger partial charge in [-0.05, 0) is 18.6 Å². The third-order valence-corrected chi connectivity index (χ3v) is 3.02. The van der Waals surface area contributed by atoms with Crippen LogP contribution in [-0.4, -0.2) is 42.4 Å². The molecule has 5 nitrogen and oxygen atoms in total. The van der Waals surface area contributed by atoms with Gasteiger partial charge in [-0.15, -0.1) is 0 Å². The Balaban J connectivity index is 2.01. The summed E-state index contributed by atoms with van der Waals surface area (Å²) in [4.78, 5) is 16.4. The zero-order valence-electron chi connectivity index (χ0n) is 11.4. The van der Waals surface area contributed by atoms with E-state index in [0.29, 0.717) is 18.5 Å². The molecule has 0 radical (unpaired) electrons. The molecular formula is C15H18N2O3. The molecule has 0 fully saturated rings. The number of hydrogen-bond acceptors (Lipinski definition) is 4. The van der Waals surface area contributed by atoms with Gasteiger partial charge in [-0.2, -0.15) is 0 Å². The first kappa shape index (κ1) is 14.4. The fraction of sp³-hybridized carbons (Fsp3) is 0.333. The van der Waals surface area contributed by atoms with Gasteiger partial charge in [-0.1, -0.05) is 18.2 Å². The monoisotopic (exact) mass is 274 g/mol. The highest BCUT2D eigenvalue weighted by atomic mass is 16.5. The van der Waals surface area contributed by atoms with Crippen molar-refractivity contribution in [1.29, 1.82) is 0 Å². The van der Waals surface area contributed by atoms with Crippen molar-refractivity contribution in [2.24, 2.45) is 0 Å². The number of amides is 1. The number of pyridine rings is 1. The molecule has 0 aliphatic rings. The normalized spacial score (nSPS) is 12.3. The summed E-state index contributed by atoms with van der Waals surface area (Å²) in [5, 5.41) is 13.1. The van der Waals surface area contributed by atoms with Gasteiger partial charge in [-0.25, -0.2) is 0 Å². The van der Waals surface area contributed by atoms with Crippen LogP contribution < -0.4 is 5.32 Å². The van der Waals surface area contributed by atoms with E-state index in [1.807, 2.05) is 24.3 Å². The Bertz CT molecular complexity index is 581. The number of hydrogen-bond donors (Lipinski definition) is 2. The molecule has 106 valence electrons. The van der Waals surface area contributed by atoms with Gasteiger partial charge in [0, 0.05) is 25.2 Å². The van der Waals surface area contributed by atoms with Crippen LogP contribution in [0.2, 0.25) is 0 Å². The van der Waals surface area contributed by atoms with Crippen LogP contribution in [0.3, 0.4) is 0 Å². The predicted octanol–water partition coefficient (Wildman–Crippen LogP) is 1.36. The number of ether oxygens (including phenoxy) is 1. The van der Waals surface area contributed by atoms with Crippen molar-refractivity contribution < 1.29 is 14.6 Å². The second-order valence-electron chi connectivity index (χ2n) is 4.53. The summed E-state index contributed by atoms with van der Waals surface area (Å²) < 4.78 is 4.83. The first-order chi connectivity index (χ1) is 9.72. The average molecular weight is 274 g/mol. The van der Waals surface area contributed by atoms with Crippen LogP contribution in [0.15, 0.2) is 36.5 Å². The summed E-state index contributed by atoms with van der Waals surface area (Å²) in [5.74, 6) is -0.159. The fourth-order valence-electron chi connectivity index (χ4n) is 2.02. The lowest BCUT2D eigenvalue weighted by Crippen LogP contribution is -2.28. The molecule has 1 atom stereocenters. The molecule has 1 unspecified atom stereocenters. The molecule has 1 aromatic heterocycles. The SMILES string of the molecule is COCC(O)CCNC(=O)c1ccnc2ccccc12. The maximum Gasteiger partial charge on any atom is 0.252 e. The summed E-state index contributed by atoms with van der Waals surface area (Å²) in [6.07, 6.45) is 1.52. The number of fused-ring (bicyclic) bond motifs is 1. The number of methoxy groups -OCH3 is 1. The molecule has 5 heteroatoms. The van der Waals surface area contributed by atoms with Gasteiger partial charge >= 0.3 is 0 Å². The Kier molecular flexibility index (Phi) is 5.03. The van der Waals surface area contributed by atoms with Gasteiger partial charge in [0.1, 0.15) is 0 Å². The van der Waals surface area contributed by atoms with E-state index in [1.165, 1.54) is 7.11 Å². The molecule has 0 saturated carbocycles. The largest absolute Gasteiger partial charge is 0.391 e. The Hall–Kier alpha value is -1.98. The number of nitrogens with one attached hydrogen (secondary N) is 1. The first-order valence-electron chi connectivity index (χ1n) is 6.51. The van der Waals surface area contributed by atoms with E-state index in [0.717, 1.165) is 10.9 Å². The lowest BCUT2D eigenvalue weighted by molar-refractivity contribution is 0.0588. The highest BCUT2D eigenvalue weighted by Crippen LogP contribution is 2.15. The number of benzene rings is 1. The summed E-state index contributed by atoms with van der Waals surface area (Å²) in [7, 11) is 1.53. The van der Waals surface area contributed by atoms with Crippen molar-refractivity contribution in [3.63, 3.8) is 0 Å². The highest BCUT2D eigenvalue weighted by Gasteiger charge is 2.10. The van der Waals surface area contributed by atoms with E-state index in [2.05, 4.69) is 10.3 Å². The zero-order valence-corrected chi connectivity index (χ0v) is 11.4. The smallest absolute Gasteiger partial charge is 0.252 e. The number of aliphatic hydroxyl groups excluding tert-OH is 1. The van der Waals surface area contributed by atoms with Crippen LogP contribution in [0, 0.1) is 0 Å². The third-order valence-electron chi connectivity index (χ3n) is 3.02. The number of aromatic nitrogens is 1. The van der Waals surface area contributed by atoms with Crippen LogP contribution in [0.25, 0.3) is 10.9 Å². The van der Waals surface area contributed by atoms with Gasteiger partial charge in [0.15, 0.2) is 0 Å². The molecule has 0 saturated heterocycles. The van der Waals surface area contributed by atoms with Gasteiger partial charge in [0.05, 0.1) is 23.8 Å². The lowest BCUT2D eigenvalue weighted by Gasteiger charge is -2.11. The Morgan fingerprint density at radius 3 is 3.00 bits per heavy atom. The molecule has 1 heterocycles. The minimum absolute atomic E-state index is 0.159. The molecule has 2 rings (SSSR count). The number of carbonyl (C=O) groups is 1. The quantitative estimate of drug-likeness (QED) is 0.834. The molecule has 0 aliphatic heterocycles. The second kappa shape index (κ2) is 6.98. The number of aliphatic hydroxyl groups is 1. The minimum atomic E-state index is -0.561. The van der Waals surface area contributed by atoms with Crippen molar-refractivity contribution in [3.8, 4) is 0 Å². The lowest BCUT2D eigenvalue weighted by atomic mass is 10.1. The number of carbonyl (C=O) groups excluding carboxylic acids is 1. The third kappa shape index (κ3) is 3.53. The molecule has 1 amide bonds. The maximum atomic E-state index is 12.1. The Morgan fingerprint density at radius 2 is 2.20 bits per heavy atom. The topological polar surface area (TPSA) is 71.5 Å². The maximum absolute atomic E-state index is 12.1. The van der Waals surface area contributed by atoms with E-state index in [4.69, 9.17) is 4.74 Å². The van der Waals surface area contributed by atoms with E-state index in [1.54, 1.807) is 12.3 Å². The molecule has 2 aromatic rings. The van der Waals surface area contributed by atoms with Crippen LogP contribution in [-0.2, 0) is 4.74 Å². The van der Waals surface area contributed by atoms with Crippen molar-refractivity contribution >= 4 is 16.8 Å². The summed E-state index contributed by atoms with van der Waals surface area (Å²) in [5.41, 5.74) is 1.39. The van der Waals surface area contributed by atoms with Crippen molar-refractivity contribution in [2.45, 2.75) is 12.5 Å². The highest BCUT2D eigenvalue weighted by molar-refractivity contribution is 6.05. The summed E-state index contributed by atoms with van der Waals surface area (Å²) >= 11 is 0. The summed E-state index contributed by atoms with van der Waals surface area (Å²) in [6, 6.07) is 9.20. The van der Waals surface area contributed by atoms with Crippen molar-refractivity contribution in [1.82, 2.24) is 10.3 Å². The molecule has 0 aliphatic carbocycles. The van der Waals surface area contributed by atoms with Crippen molar-refractivity contribution in [2.75, 3.05) is 20.3 Å². The van der Waals surface area contributed by atoms with E-state index in [-0.39, 0.29) is 12.5 Å². The summed E-state index contributed by atoms with van der Waals surface area (Å²) in [6.45, 7) is 0.675. The first-order valence-corrected chi connectivity index (χ1v) is 6.51. The molecule has 0 spiro atoms. The van der Waals surface area contributed by atoms with Crippen LogP contribution in [0.5, 0.6) is 0 Å². The van der Waals surface area contributed by atoms with Crippen molar-refractivity contribution in [3.05, 3.63) is 42.1 Å². The molecule has 2 N–H and O–H groups in total. The fourth-order valence-corrected chi connectivity index (χ4v) is 2.02.